The molecule has 0 aliphatic rings. The Morgan fingerprint density at radius 3 is 2.48 bits per heavy atom. The van der Waals surface area contributed by atoms with Crippen molar-refractivity contribution < 1.29 is 24.4 Å². The number of aromatic nitrogens is 1. The van der Waals surface area contributed by atoms with E-state index < -0.39 is 28.9 Å². The first-order valence-electron chi connectivity index (χ1n) is 14.0. The average Bonchev–Trinajstić information content (AvgIpc) is 3.44. The zero-order valence-electron chi connectivity index (χ0n) is 24.7. The van der Waals surface area contributed by atoms with Crippen LogP contribution in [0.5, 0.6) is 5.75 Å². The number of benzene rings is 3. The zero-order chi connectivity index (χ0) is 31.6. The van der Waals surface area contributed by atoms with E-state index in [1.54, 1.807) is 14.2 Å². The summed E-state index contributed by atoms with van der Waals surface area (Å²) >= 11 is 1.41. The van der Waals surface area contributed by atoms with Gasteiger partial charge in [0.2, 0.25) is 0 Å². The standard InChI is InChI=1S/C32H35N5O6S/c1-21-20-44-30(34-21)19-36(2)32(40)25-14-24(15-26(16-25)37(41)42)31(39)35-28(13-22-8-5-4-6-9-22)29(38)18-33-17-23-10-7-11-27(12-23)43-3/h4-12,14-16,20,28-29,33,38H,13,17-19H2,1-3H3,(H,35,39)/t28-,29+/m0/s1. The molecule has 0 unspecified atom stereocenters. The predicted octanol–water partition coefficient (Wildman–Crippen LogP) is 4.13. The summed E-state index contributed by atoms with van der Waals surface area (Å²) in [5.74, 6) is -0.412. The van der Waals surface area contributed by atoms with Gasteiger partial charge < -0.3 is 25.4 Å². The van der Waals surface area contributed by atoms with Crippen molar-refractivity contribution in [2.24, 2.45) is 0 Å². The molecule has 0 spiro atoms. The largest absolute Gasteiger partial charge is 0.497 e. The molecule has 44 heavy (non-hydrogen) atoms. The van der Waals surface area contributed by atoms with E-state index in [-0.39, 0.29) is 29.9 Å². The van der Waals surface area contributed by atoms with Gasteiger partial charge in [-0.1, -0.05) is 42.5 Å². The molecule has 0 saturated carbocycles. The third-order valence-corrected chi connectivity index (χ3v) is 7.87. The summed E-state index contributed by atoms with van der Waals surface area (Å²) in [6, 6.07) is 19.8. The van der Waals surface area contributed by atoms with Gasteiger partial charge in [-0.05, 0) is 42.7 Å². The van der Waals surface area contributed by atoms with E-state index in [0.717, 1.165) is 39.7 Å². The van der Waals surface area contributed by atoms with Crippen molar-refractivity contribution in [1.29, 1.82) is 0 Å². The fourth-order valence-electron chi connectivity index (χ4n) is 4.63. The van der Waals surface area contributed by atoms with Crippen LogP contribution in [0.1, 0.15) is 42.5 Å². The number of methoxy groups -OCH3 is 1. The number of carbonyl (C=O) groups is 2. The highest BCUT2D eigenvalue weighted by Crippen LogP contribution is 2.21. The van der Waals surface area contributed by atoms with Crippen molar-refractivity contribution in [3.8, 4) is 5.75 Å². The Hall–Kier alpha value is -4.65. The molecule has 0 radical (unpaired) electrons. The number of thiazole rings is 1. The Labute approximate surface area is 259 Å². The van der Waals surface area contributed by atoms with Crippen LogP contribution in [-0.2, 0) is 19.5 Å². The Morgan fingerprint density at radius 2 is 1.80 bits per heavy atom. The van der Waals surface area contributed by atoms with Crippen molar-refractivity contribution in [3.05, 3.63) is 121 Å². The molecule has 0 saturated heterocycles. The van der Waals surface area contributed by atoms with Gasteiger partial charge in [0.1, 0.15) is 10.8 Å². The summed E-state index contributed by atoms with van der Waals surface area (Å²) < 4.78 is 5.27. The number of carbonyl (C=O) groups excluding carboxylic acids is 2. The number of aryl methyl sites for hydroxylation is 1. The van der Waals surface area contributed by atoms with Crippen molar-refractivity contribution >= 4 is 28.8 Å². The first-order chi connectivity index (χ1) is 21.1. The smallest absolute Gasteiger partial charge is 0.271 e. The van der Waals surface area contributed by atoms with Gasteiger partial charge in [-0.3, -0.25) is 19.7 Å². The lowest BCUT2D eigenvalue weighted by Crippen LogP contribution is -2.48. The van der Waals surface area contributed by atoms with Crippen LogP contribution in [0.25, 0.3) is 0 Å². The quantitative estimate of drug-likeness (QED) is 0.141. The molecule has 4 aromatic rings. The van der Waals surface area contributed by atoms with Crippen LogP contribution in [0.15, 0.2) is 78.2 Å². The van der Waals surface area contributed by atoms with Crippen LogP contribution in [0.2, 0.25) is 0 Å². The van der Waals surface area contributed by atoms with Gasteiger partial charge in [0, 0.05) is 54.5 Å². The number of amides is 2. The number of hydrogen-bond donors (Lipinski definition) is 3. The second kappa shape index (κ2) is 15.2. The number of nitro benzene ring substituents is 1. The molecule has 0 aliphatic carbocycles. The van der Waals surface area contributed by atoms with E-state index in [4.69, 9.17) is 4.74 Å². The van der Waals surface area contributed by atoms with Gasteiger partial charge in [-0.25, -0.2) is 4.98 Å². The lowest BCUT2D eigenvalue weighted by Gasteiger charge is -2.25. The maximum atomic E-state index is 13.5. The highest BCUT2D eigenvalue weighted by atomic mass is 32.1. The van der Waals surface area contributed by atoms with Gasteiger partial charge in [0.15, 0.2) is 0 Å². The van der Waals surface area contributed by atoms with Crippen LogP contribution in [0.3, 0.4) is 0 Å². The Bertz CT molecular complexity index is 1600. The minimum absolute atomic E-state index is 0.000224. The SMILES string of the molecule is COc1cccc(CNC[C@@H](O)[C@H](Cc2ccccc2)NC(=O)c2cc(C(=O)N(C)Cc3nc(C)cs3)cc([N+](=O)[O-])c2)c1. The van der Waals surface area contributed by atoms with Crippen molar-refractivity contribution in [2.45, 2.75) is 38.6 Å². The molecule has 0 bridgehead atoms. The molecule has 3 aromatic carbocycles. The van der Waals surface area contributed by atoms with Gasteiger partial charge >= 0.3 is 0 Å². The molecule has 230 valence electrons. The van der Waals surface area contributed by atoms with Gasteiger partial charge in [-0.2, -0.15) is 0 Å². The molecule has 3 N–H and O–H groups in total. The summed E-state index contributed by atoms with van der Waals surface area (Å²) in [5.41, 5.74) is 2.24. The molecule has 0 fully saturated rings. The molecule has 12 heteroatoms. The zero-order valence-corrected chi connectivity index (χ0v) is 25.5. The average molecular weight is 618 g/mol. The molecule has 1 aromatic heterocycles. The summed E-state index contributed by atoms with van der Waals surface area (Å²) in [5, 5.41) is 31.6. The second-order valence-corrected chi connectivity index (χ2v) is 11.3. The molecular weight excluding hydrogens is 582 g/mol. The monoisotopic (exact) mass is 617 g/mol. The molecule has 2 atom stereocenters. The number of nitrogens with one attached hydrogen (secondary N) is 2. The highest BCUT2D eigenvalue weighted by Gasteiger charge is 2.25. The Kier molecular flexibility index (Phi) is 11.1. The lowest BCUT2D eigenvalue weighted by molar-refractivity contribution is -0.384. The number of non-ortho nitro benzene ring substituents is 1. The molecule has 11 nitrogen and oxygen atoms in total. The number of rotatable bonds is 14. The van der Waals surface area contributed by atoms with Crippen molar-refractivity contribution in [3.63, 3.8) is 0 Å². The number of ether oxygens (including phenoxy) is 1. The number of hydrogen-bond acceptors (Lipinski definition) is 9. The highest BCUT2D eigenvalue weighted by molar-refractivity contribution is 7.09. The first-order valence-corrected chi connectivity index (χ1v) is 14.8. The van der Waals surface area contributed by atoms with Crippen molar-refractivity contribution in [2.75, 3.05) is 20.7 Å². The summed E-state index contributed by atoms with van der Waals surface area (Å²) in [6.07, 6.45) is -0.692. The van der Waals surface area contributed by atoms with Gasteiger partial charge in [-0.15, -0.1) is 11.3 Å². The second-order valence-electron chi connectivity index (χ2n) is 10.4. The first kappa shape index (κ1) is 32.3. The van der Waals surface area contributed by atoms with Crippen LogP contribution in [-0.4, -0.2) is 64.6 Å². The van der Waals surface area contributed by atoms with E-state index >= 15 is 0 Å². The topological polar surface area (TPSA) is 147 Å². The van der Waals surface area contributed by atoms with Crippen LogP contribution >= 0.6 is 11.3 Å². The predicted molar refractivity (Wildman–Crippen MR) is 168 cm³/mol. The Morgan fingerprint density at radius 1 is 1.07 bits per heavy atom. The summed E-state index contributed by atoms with van der Waals surface area (Å²) in [4.78, 5) is 43.6. The minimum Gasteiger partial charge on any atom is -0.497 e. The molecule has 2 amide bonds. The van der Waals surface area contributed by atoms with Crippen LogP contribution in [0, 0.1) is 17.0 Å². The lowest BCUT2D eigenvalue weighted by atomic mass is 10.00. The van der Waals surface area contributed by atoms with E-state index in [1.165, 1.54) is 22.3 Å². The fourth-order valence-corrected chi connectivity index (χ4v) is 5.46. The number of aliphatic hydroxyl groups excluding tert-OH is 1. The molecule has 4 rings (SSSR count). The maximum Gasteiger partial charge on any atom is 0.271 e. The third-order valence-electron chi connectivity index (χ3n) is 6.92. The normalized spacial score (nSPS) is 12.3. The fraction of sp³-hybridized carbons (Fsp3) is 0.281. The van der Waals surface area contributed by atoms with E-state index in [1.807, 2.05) is 66.9 Å². The number of aliphatic hydroxyl groups is 1. The van der Waals surface area contributed by atoms with Gasteiger partial charge in [0.25, 0.3) is 17.5 Å². The summed E-state index contributed by atoms with van der Waals surface area (Å²) in [6.45, 7) is 2.70. The van der Waals surface area contributed by atoms with Gasteiger partial charge in [0.05, 0.1) is 30.7 Å². The maximum absolute atomic E-state index is 13.5. The van der Waals surface area contributed by atoms with E-state index in [2.05, 4.69) is 15.6 Å². The molecular formula is C32H35N5O6S. The molecule has 0 aliphatic heterocycles. The summed E-state index contributed by atoms with van der Waals surface area (Å²) in [7, 11) is 3.16. The molecule has 1 heterocycles. The van der Waals surface area contributed by atoms with E-state index in [0.29, 0.717) is 13.0 Å². The van der Waals surface area contributed by atoms with E-state index in [9.17, 15) is 24.8 Å². The third kappa shape index (κ3) is 8.93. The van der Waals surface area contributed by atoms with Crippen molar-refractivity contribution in [1.82, 2.24) is 20.5 Å². The minimum atomic E-state index is -1.00. The van der Waals surface area contributed by atoms with Crippen LogP contribution in [0.4, 0.5) is 5.69 Å². The Balaban J connectivity index is 1.51. The number of nitro groups is 1. The number of nitrogens with zero attached hydrogens (tertiary/aromatic N) is 3. The van der Waals surface area contributed by atoms with Crippen LogP contribution < -0.4 is 15.4 Å².